The zero-order valence-corrected chi connectivity index (χ0v) is 12.8. The Balaban J connectivity index is 3.09. The molecule has 4 heteroatoms. The summed E-state index contributed by atoms with van der Waals surface area (Å²) in [5.41, 5.74) is 6.87. The summed E-state index contributed by atoms with van der Waals surface area (Å²) in [6.07, 6.45) is 2.18. The van der Waals surface area contributed by atoms with Crippen molar-refractivity contribution in [2.24, 2.45) is 5.73 Å². The van der Waals surface area contributed by atoms with Crippen molar-refractivity contribution >= 4 is 23.2 Å². The zero-order valence-electron chi connectivity index (χ0n) is 11.3. The van der Waals surface area contributed by atoms with E-state index in [4.69, 9.17) is 28.9 Å². The molecule has 1 rings (SSSR count). The Bertz CT molecular complexity index is 358. The number of nitrogens with zero attached hydrogens (tertiary/aromatic N) is 1. The van der Waals surface area contributed by atoms with Crippen LogP contribution in [0.25, 0.3) is 0 Å². The molecule has 0 saturated heterocycles. The molecule has 2 nitrogen and oxygen atoms in total. The smallest absolute Gasteiger partial charge is 0.0499 e. The Morgan fingerprint density at radius 3 is 2.06 bits per heavy atom. The fraction of sp³-hybridized carbons (Fsp3) is 0.571. The summed E-state index contributed by atoms with van der Waals surface area (Å²) in [4.78, 5) is 2.28. The summed E-state index contributed by atoms with van der Waals surface area (Å²) >= 11 is 12.5. The average molecular weight is 289 g/mol. The van der Waals surface area contributed by atoms with Crippen LogP contribution < -0.4 is 5.73 Å². The number of likely N-dealkylation sites (N-methyl/N-ethyl adjacent to an activating group) is 1. The summed E-state index contributed by atoms with van der Waals surface area (Å²) in [7, 11) is 2.09. The van der Waals surface area contributed by atoms with Crippen molar-refractivity contribution < 1.29 is 0 Å². The maximum atomic E-state index is 6.27. The van der Waals surface area contributed by atoms with Crippen LogP contribution in [0, 0.1) is 0 Å². The zero-order chi connectivity index (χ0) is 13.7. The molecular formula is C14H22Cl2N2. The predicted octanol–water partition coefficient (Wildman–Crippen LogP) is 4.11. The molecule has 0 amide bonds. The van der Waals surface area contributed by atoms with Crippen molar-refractivity contribution in [3.8, 4) is 0 Å². The van der Waals surface area contributed by atoms with Gasteiger partial charge in [-0.25, -0.2) is 0 Å². The van der Waals surface area contributed by atoms with Gasteiger partial charge in [0.05, 0.1) is 0 Å². The molecule has 2 N–H and O–H groups in total. The third-order valence-corrected chi connectivity index (χ3v) is 4.23. The number of halogens is 2. The molecule has 0 bridgehead atoms. The lowest BCUT2D eigenvalue weighted by molar-refractivity contribution is 0.168. The van der Waals surface area contributed by atoms with E-state index in [1.165, 1.54) is 0 Å². The molecule has 18 heavy (non-hydrogen) atoms. The first-order valence-electron chi connectivity index (χ1n) is 6.42. The standard InChI is InChI=1S/C14H22Cl2N2/c1-4-10(5-2)18(3)13(9-17)14-11(15)7-6-8-12(14)16/h6-8,10,13H,4-5,9,17H2,1-3H3. The van der Waals surface area contributed by atoms with E-state index in [1.807, 2.05) is 18.2 Å². The van der Waals surface area contributed by atoms with Crippen molar-refractivity contribution in [1.29, 1.82) is 0 Å². The minimum atomic E-state index is 0.0658. The van der Waals surface area contributed by atoms with Crippen LogP contribution in [0.3, 0.4) is 0 Å². The van der Waals surface area contributed by atoms with Crippen LogP contribution in [0.15, 0.2) is 18.2 Å². The first kappa shape index (κ1) is 15.8. The molecule has 0 aliphatic heterocycles. The number of nitrogens with two attached hydrogens (primary N) is 1. The molecule has 1 aromatic carbocycles. The minimum absolute atomic E-state index is 0.0658. The molecule has 0 spiro atoms. The highest BCUT2D eigenvalue weighted by atomic mass is 35.5. The van der Waals surface area contributed by atoms with Crippen molar-refractivity contribution in [2.45, 2.75) is 38.8 Å². The molecule has 0 radical (unpaired) electrons. The lowest BCUT2D eigenvalue weighted by Gasteiger charge is -2.34. The fourth-order valence-electron chi connectivity index (χ4n) is 2.44. The Morgan fingerprint density at radius 2 is 1.67 bits per heavy atom. The van der Waals surface area contributed by atoms with E-state index < -0.39 is 0 Å². The highest BCUT2D eigenvalue weighted by Gasteiger charge is 2.24. The van der Waals surface area contributed by atoms with Gasteiger partial charge in [-0.3, -0.25) is 4.90 Å². The van der Waals surface area contributed by atoms with E-state index in [2.05, 4.69) is 25.8 Å². The van der Waals surface area contributed by atoms with Gasteiger partial charge in [0, 0.05) is 34.2 Å². The van der Waals surface area contributed by atoms with Crippen molar-refractivity contribution in [3.05, 3.63) is 33.8 Å². The van der Waals surface area contributed by atoms with Gasteiger partial charge >= 0.3 is 0 Å². The average Bonchev–Trinajstić information content (AvgIpc) is 2.35. The van der Waals surface area contributed by atoms with Crippen LogP contribution >= 0.6 is 23.2 Å². The number of hydrogen-bond acceptors (Lipinski definition) is 2. The van der Waals surface area contributed by atoms with Gasteiger partial charge in [-0.1, -0.05) is 43.1 Å². The lowest BCUT2D eigenvalue weighted by Crippen LogP contribution is -2.38. The summed E-state index contributed by atoms with van der Waals surface area (Å²) in [5, 5.41) is 1.38. The summed E-state index contributed by atoms with van der Waals surface area (Å²) in [6.45, 7) is 4.88. The van der Waals surface area contributed by atoms with Gasteiger partial charge in [0.25, 0.3) is 0 Å². The molecule has 1 aromatic rings. The van der Waals surface area contributed by atoms with Crippen molar-refractivity contribution in [2.75, 3.05) is 13.6 Å². The Labute approximate surface area is 120 Å². The van der Waals surface area contributed by atoms with E-state index in [1.54, 1.807) is 0 Å². The minimum Gasteiger partial charge on any atom is -0.329 e. The SMILES string of the molecule is CCC(CC)N(C)C(CN)c1c(Cl)cccc1Cl. The summed E-state index contributed by atoms with van der Waals surface area (Å²) in [5.74, 6) is 0. The second-order valence-electron chi connectivity index (χ2n) is 4.52. The second-order valence-corrected chi connectivity index (χ2v) is 5.34. The highest BCUT2D eigenvalue weighted by molar-refractivity contribution is 6.36. The largest absolute Gasteiger partial charge is 0.329 e. The quantitative estimate of drug-likeness (QED) is 0.853. The molecule has 1 atom stereocenters. The van der Waals surface area contributed by atoms with Crippen LogP contribution in [-0.2, 0) is 0 Å². The van der Waals surface area contributed by atoms with E-state index >= 15 is 0 Å². The predicted molar refractivity (Wildman–Crippen MR) is 80.4 cm³/mol. The van der Waals surface area contributed by atoms with Crippen LogP contribution in [0.1, 0.15) is 38.3 Å². The molecule has 0 fully saturated rings. The lowest BCUT2D eigenvalue weighted by atomic mass is 10.0. The molecule has 102 valence electrons. The normalized spacial score (nSPS) is 13.3. The Kier molecular flexibility index (Phi) is 6.44. The monoisotopic (exact) mass is 288 g/mol. The number of rotatable bonds is 6. The second kappa shape index (κ2) is 7.34. The maximum Gasteiger partial charge on any atom is 0.0499 e. The number of hydrogen-bond donors (Lipinski definition) is 1. The summed E-state index contributed by atoms with van der Waals surface area (Å²) in [6, 6.07) is 6.15. The van der Waals surface area contributed by atoms with E-state index in [0.717, 1.165) is 18.4 Å². The number of benzene rings is 1. The highest BCUT2D eigenvalue weighted by Crippen LogP contribution is 2.34. The first-order chi connectivity index (χ1) is 8.56. The third-order valence-electron chi connectivity index (χ3n) is 3.57. The Morgan fingerprint density at radius 1 is 1.17 bits per heavy atom. The van der Waals surface area contributed by atoms with Crippen molar-refractivity contribution in [3.63, 3.8) is 0 Å². The van der Waals surface area contributed by atoms with Gasteiger partial charge in [-0.2, -0.15) is 0 Å². The van der Waals surface area contributed by atoms with Crippen molar-refractivity contribution in [1.82, 2.24) is 4.90 Å². The van der Waals surface area contributed by atoms with E-state index in [-0.39, 0.29) is 6.04 Å². The van der Waals surface area contributed by atoms with Crippen LogP contribution in [0.2, 0.25) is 10.0 Å². The maximum absolute atomic E-state index is 6.27. The molecule has 0 heterocycles. The Hall–Kier alpha value is -0.280. The van der Waals surface area contributed by atoms with Gasteiger partial charge in [0.1, 0.15) is 0 Å². The van der Waals surface area contributed by atoms with Crippen LogP contribution in [0.4, 0.5) is 0 Å². The third kappa shape index (κ3) is 3.39. The molecule has 0 saturated carbocycles. The van der Waals surface area contributed by atoms with E-state index in [9.17, 15) is 0 Å². The van der Waals surface area contributed by atoms with Gasteiger partial charge in [-0.15, -0.1) is 0 Å². The topological polar surface area (TPSA) is 29.3 Å². The molecule has 1 unspecified atom stereocenters. The van der Waals surface area contributed by atoms with Crippen LogP contribution in [-0.4, -0.2) is 24.5 Å². The molecule has 0 aromatic heterocycles. The molecular weight excluding hydrogens is 267 g/mol. The van der Waals surface area contributed by atoms with Gasteiger partial charge < -0.3 is 5.73 Å². The van der Waals surface area contributed by atoms with Crippen LogP contribution in [0.5, 0.6) is 0 Å². The molecule has 0 aliphatic carbocycles. The fourth-order valence-corrected chi connectivity index (χ4v) is 3.09. The molecule has 0 aliphatic rings. The van der Waals surface area contributed by atoms with E-state index in [0.29, 0.717) is 22.6 Å². The van der Waals surface area contributed by atoms with Gasteiger partial charge in [0.2, 0.25) is 0 Å². The summed E-state index contributed by atoms with van der Waals surface area (Å²) < 4.78 is 0. The van der Waals surface area contributed by atoms with Gasteiger partial charge in [-0.05, 0) is 32.0 Å². The van der Waals surface area contributed by atoms with Gasteiger partial charge in [0.15, 0.2) is 0 Å². The first-order valence-corrected chi connectivity index (χ1v) is 7.18.